The van der Waals surface area contributed by atoms with Gasteiger partial charge in [0.15, 0.2) is 0 Å². The Morgan fingerprint density at radius 3 is 2.60 bits per heavy atom. The highest BCUT2D eigenvalue weighted by Gasteiger charge is 2.29. The normalized spacial score (nSPS) is 20.2. The van der Waals surface area contributed by atoms with Crippen molar-refractivity contribution in [2.24, 2.45) is 0 Å². The molecule has 7 heteroatoms. The van der Waals surface area contributed by atoms with E-state index in [4.69, 9.17) is 4.74 Å². The molecule has 1 amide bonds. The molecule has 0 spiro atoms. The summed E-state index contributed by atoms with van der Waals surface area (Å²) in [5.41, 5.74) is -0.474. The van der Waals surface area contributed by atoms with Crippen molar-refractivity contribution in [3.63, 3.8) is 0 Å². The lowest BCUT2D eigenvalue weighted by atomic mass is 10.2. The Morgan fingerprint density at radius 2 is 2.05 bits per heavy atom. The van der Waals surface area contributed by atoms with Crippen molar-refractivity contribution in [1.82, 2.24) is 10.2 Å². The minimum Gasteiger partial charge on any atom is -0.444 e. The van der Waals surface area contributed by atoms with E-state index in [9.17, 15) is 13.2 Å². The highest BCUT2D eigenvalue weighted by Crippen LogP contribution is 2.15. The SMILES string of the molecule is CC(C)(C)OC(=O)N1CCC(NCCCS(C)(=O)=O)C1. The van der Waals surface area contributed by atoms with Crippen molar-refractivity contribution in [2.75, 3.05) is 31.6 Å². The van der Waals surface area contributed by atoms with Crippen LogP contribution in [0.3, 0.4) is 0 Å². The fourth-order valence-corrected chi connectivity index (χ4v) is 2.73. The van der Waals surface area contributed by atoms with Crippen molar-refractivity contribution in [1.29, 1.82) is 0 Å². The summed E-state index contributed by atoms with van der Waals surface area (Å²) in [4.78, 5) is 13.6. The first-order valence-corrected chi connectivity index (χ1v) is 9.02. The molecule has 0 radical (unpaired) electrons. The van der Waals surface area contributed by atoms with E-state index < -0.39 is 15.4 Å². The lowest BCUT2D eigenvalue weighted by Gasteiger charge is -2.24. The summed E-state index contributed by atoms with van der Waals surface area (Å²) >= 11 is 0. The number of carbonyl (C=O) groups is 1. The third-order valence-corrected chi connectivity index (χ3v) is 4.00. The number of rotatable bonds is 5. The standard InChI is InChI=1S/C13H26N2O4S/c1-13(2,3)19-12(16)15-8-6-11(10-15)14-7-5-9-20(4,17)18/h11,14H,5-10H2,1-4H3. The van der Waals surface area contributed by atoms with E-state index in [1.54, 1.807) is 4.90 Å². The highest BCUT2D eigenvalue weighted by molar-refractivity contribution is 7.90. The van der Waals surface area contributed by atoms with E-state index in [1.165, 1.54) is 6.26 Å². The third kappa shape index (κ3) is 7.09. The van der Waals surface area contributed by atoms with E-state index in [0.717, 1.165) is 6.42 Å². The largest absolute Gasteiger partial charge is 0.444 e. The van der Waals surface area contributed by atoms with Gasteiger partial charge in [0.25, 0.3) is 0 Å². The summed E-state index contributed by atoms with van der Waals surface area (Å²) in [5.74, 6) is 0.197. The van der Waals surface area contributed by atoms with E-state index >= 15 is 0 Å². The Bertz CT molecular complexity index is 428. The second kappa shape index (κ2) is 6.76. The molecule has 1 N–H and O–H groups in total. The van der Waals surface area contributed by atoms with Gasteiger partial charge in [-0.25, -0.2) is 13.2 Å². The monoisotopic (exact) mass is 306 g/mol. The fourth-order valence-electron chi connectivity index (χ4n) is 2.06. The van der Waals surface area contributed by atoms with Gasteiger partial charge in [-0.2, -0.15) is 0 Å². The van der Waals surface area contributed by atoms with Crippen LogP contribution in [0.1, 0.15) is 33.6 Å². The van der Waals surface area contributed by atoms with Gasteiger partial charge in [-0.1, -0.05) is 0 Å². The van der Waals surface area contributed by atoms with Crippen molar-refractivity contribution in [3.8, 4) is 0 Å². The Kier molecular flexibility index (Phi) is 5.82. The Hall–Kier alpha value is -0.820. The van der Waals surface area contributed by atoms with Crippen LogP contribution < -0.4 is 5.32 Å². The molecule has 0 saturated carbocycles. The van der Waals surface area contributed by atoms with Gasteiger partial charge < -0.3 is 15.0 Å². The minimum atomic E-state index is -2.89. The summed E-state index contributed by atoms with van der Waals surface area (Å²) in [6.45, 7) is 7.50. The van der Waals surface area contributed by atoms with Crippen molar-refractivity contribution < 1.29 is 17.9 Å². The van der Waals surface area contributed by atoms with Crippen LogP contribution >= 0.6 is 0 Å². The molecule has 0 aromatic heterocycles. The number of carbonyl (C=O) groups excluding carboxylic acids is 1. The number of nitrogens with zero attached hydrogens (tertiary/aromatic N) is 1. The van der Waals surface area contributed by atoms with E-state index in [-0.39, 0.29) is 17.9 Å². The van der Waals surface area contributed by atoms with Crippen LogP contribution in [0.4, 0.5) is 4.79 Å². The zero-order chi connectivity index (χ0) is 15.4. The molecule has 0 aliphatic carbocycles. The molecule has 1 aliphatic rings. The third-order valence-electron chi connectivity index (χ3n) is 2.96. The summed E-state index contributed by atoms with van der Waals surface area (Å²) in [6.07, 6.45) is 2.44. The molecule has 1 atom stereocenters. The number of hydrogen-bond donors (Lipinski definition) is 1. The van der Waals surface area contributed by atoms with Gasteiger partial charge in [0, 0.05) is 25.4 Å². The summed E-state index contributed by atoms with van der Waals surface area (Å²) in [5, 5.41) is 3.29. The minimum absolute atomic E-state index is 0.197. The topological polar surface area (TPSA) is 75.7 Å². The van der Waals surface area contributed by atoms with Crippen LogP contribution in [-0.4, -0.2) is 62.7 Å². The van der Waals surface area contributed by atoms with Gasteiger partial charge in [-0.15, -0.1) is 0 Å². The van der Waals surface area contributed by atoms with Gasteiger partial charge in [-0.05, 0) is 40.2 Å². The summed E-state index contributed by atoms with van der Waals surface area (Å²) in [7, 11) is -2.89. The fraction of sp³-hybridized carbons (Fsp3) is 0.923. The Labute approximate surface area is 121 Å². The molecular formula is C13H26N2O4S. The van der Waals surface area contributed by atoms with Crippen LogP contribution in [0.5, 0.6) is 0 Å². The van der Waals surface area contributed by atoms with Crippen LogP contribution in [0, 0.1) is 0 Å². The molecule has 0 aromatic carbocycles. The molecule has 1 fully saturated rings. The van der Waals surface area contributed by atoms with Gasteiger partial charge in [0.1, 0.15) is 15.4 Å². The average molecular weight is 306 g/mol. The van der Waals surface area contributed by atoms with Crippen molar-refractivity contribution >= 4 is 15.9 Å². The number of ether oxygens (including phenoxy) is 1. The van der Waals surface area contributed by atoms with Crippen molar-refractivity contribution in [3.05, 3.63) is 0 Å². The molecule has 1 rings (SSSR count). The maximum atomic E-state index is 11.9. The molecule has 20 heavy (non-hydrogen) atoms. The molecule has 1 unspecified atom stereocenters. The van der Waals surface area contributed by atoms with Crippen LogP contribution in [0.2, 0.25) is 0 Å². The van der Waals surface area contributed by atoms with E-state index in [2.05, 4.69) is 5.32 Å². The molecule has 0 aromatic rings. The maximum absolute atomic E-state index is 11.9. The van der Waals surface area contributed by atoms with Gasteiger partial charge in [-0.3, -0.25) is 0 Å². The Morgan fingerprint density at radius 1 is 1.40 bits per heavy atom. The number of amides is 1. The molecule has 1 heterocycles. The zero-order valence-electron chi connectivity index (χ0n) is 12.8. The maximum Gasteiger partial charge on any atom is 0.410 e. The predicted octanol–water partition coefficient (Wildman–Crippen LogP) is 1.02. The summed E-state index contributed by atoms with van der Waals surface area (Å²) < 4.78 is 27.3. The quantitative estimate of drug-likeness (QED) is 0.768. The number of nitrogens with one attached hydrogen (secondary N) is 1. The van der Waals surface area contributed by atoms with Crippen molar-refractivity contribution in [2.45, 2.75) is 45.3 Å². The predicted molar refractivity (Wildman–Crippen MR) is 78.5 cm³/mol. The summed E-state index contributed by atoms with van der Waals surface area (Å²) in [6, 6.07) is 0.224. The molecule has 6 nitrogen and oxygen atoms in total. The molecule has 118 valence electrons. The number of sulfone groups is 1. The number of likely N-dealkylation sites (tertiary alicyclic amines) is 1. The van der Waals surface area contributed by atoms with Crippen LogP contribution in [0.15, 0.2) is 0 Å². The molecule has 1 saturated heterocycles. The van der Waals surface area contributed by atoms with Crippen LogP contribution in [0.25, 0.3) is 0 Å². The highest BCUT2D eigenvalue weighted by atomic mass is 32.2. The number of hydrogen-bond acceptors (Lipinski definition) is 5. The lowest BCUT2D eigenvalue weighted by molar-refractivity contribution is 0.0291. The second-order valence-corrected chi connectivity index (χ2v) is 8.61. The first kappa shape index (κ1) is 17.2. The molecule has 0 bridgehead atoms. The molecular weight excluding hydrogens is 280 g/mol. The lowest BCUT2D eigenvalue weighted by Crippen LogP contribution is -2.38. The first-order chi connectivity index (χ1) is 9.07. The van der Waals surface area contributed by atoms with E-state index in [1.807, 2.05) is 20.8 Å². The first-order valence-electron chi connectivity index (χ1n) is 6.96. The zero-order valence-corrected chi connectivity index (χ0v) is 13.6. The van der Waals surface area contributed by atoms with Gasteiger partial charge in [0.05, 0.1) is 5.75 Å². The van der Waals surface area contributed by atoms with Crippen LogP contribution in [-0.2, 0) is 14.6 Å². The second-order valence-electron chi connectivity index (χ2n) is 6.35. The average Bonchev–Trinajstić information content (AvgIpc) is 2.69. The Balaban J connectivity index is 2.25. The van der Waals surface area contributed by atoms with E-state index in [0.29, 0.717) is 26.1 Å². The van der Waals surface area contributed by atoms with Gasteiger partial charge >= 0.3 is 6.09 Å². The van der Waals surface area contributed by atoms with Gasteiger partial charge in [0.2, 0.25) is 0 Å². The smallest absolute Gasteiger partial charge is 0.410 e. The molecule has 1 aliphatic heterocycles.